The molecule has 0 unspecified atom stereocenters. The highest BCUT2D eigenvalue weighted by Gasteiger charge is 2.43. The average molecular weight is 281 g/mol. The average Bonchev–Trinajstić information content (AvgIpc) is 2.87. The number of hydrogen-bond donors (Lipinski definition) is 2. The van der Waals surface area contributed by atoms with Gasteiger partial charge in [0.25, 0.3) is 5.91 Å². The molecule has 2 atom stereocenters. The molecule has 0 aliphatic carbocycles. The van der Waals surface area contributed by atoms with Crippen LogP contribution in [-0.4, -0.2) is 56.4 Å². The number of likely N-dealkylation sites (tertiary alicyclic amines) is 1. The molecule has 0 saturated carbocycles. The molecule has 20 heavy (non-hydrogen) atoms. The van der Waals surface area contributed by atoms with Crippen molar-refractivity contribution in [2.75, 3.05) is 19.7 Å². The van der Waals surface area contributed by atoms with Gasteiger partial charge in [0.15, 0.2) is 0 Å². The Labute approximate surface area is 119 Å². The standard InChI is InChI=1S/C14H23N3O3/c1-3-5-14(9-18)8-17(6-4-12(14)19)13(20)11-7-15-10-16(11)2/h7,10,12,18-19H,3-6,8-9H2,1-2H3/t12-,14-/m0/s1. The van der Waals surface area contributed by atoms with E-state index < -0.39 is 11.5 Å². The van der Waals surface area contributed by atoms with Crippen molar-refractivity contribution in [1.29, 1.82) is 0 Å². The molecule has 1 aliphatic heterocycles. The Morgan fingerprint density at radius 3 is 2.90 bits per heavy atom. The van der Waals surface area contributed by atoms with Crippen molar-refractivity contribution >= 4 is 5.91 Å². The van der Waals surface area contributed by atoms with Gasteiger partial charge in [0.05, 0.1) is 25.2 Å². The third-order valence-electron chi connectivity index (χ3n) is 4.27. The summed E-state index contributed by atoms with van der Waals surface area (Å²) in [6.07, 6.45) is 4.67. The minimum Gasteiger partial charge on any atom is -0.396 e. The van der Waals surface area contributed by atoms with Crippen LogP contribution in [0.1, 0.15) is 36.7 Å². The Morgan fingerprint density at radius 1 is 1.60 bits per heavy atom. The molecule has 6 nitrogen and oxygen atoms in total. The lowest BCUT2D eigenvalue weighted by Gasteiger charge is -2.45. The number of aliphatic hydroxyl groups excluding tert-OH is 2. The zero-order chi connectivity index (χ0) is 14.8. The van der Waals surface area contributed by atoms with Gasteiger partial charge in [-0.15, -0.1) is 0 Å². The van der Waals surface area contributed by atoms with Crippen LogP contribution in [0.2, 0.25) is 0 Å². The zero-order valence-electron chi connectivity index (χ0n) is 12.1. The smallest absolute Gasteiger partial charge is 0.272 e. The molecule has 6 heteroatoms. The lowest BCUT2D eigenvalue weighted by molar-refractivity contribution is -0.0721. The van der Waals surface area contributed by atoms with Crippen LogP contribution in [0, 0.1) is 5.41 Å². The van der Waals surface area contributed by atoms with Crippen molar-refractivity contribution in [3.63, 3.8) is 0 Å². The highest BCUT2D eigenvalue weighted by atomic mass is 16.3. The van der Waals surface area contributed by atoms with Gasteiger partial charge in [0.2, 0.25) is 0 Å². The first-order chi connectivity index (χ1) is 9.54. The molecular formula is C14H23N3O3. The predicted octanol–water partition coefficient (Wildman–Crippen LogP) is 0.406. The number of carbonyl (C=O) groups is 1. The van der Waals surface area contributed by atoms with Gasteiger partial charge in [-0.2, -0.15) is 0 Å². The number of amides is 1. The Hall–Kier alpha value is -1.40. The summed E-state index contributed by atoms with van der Waals surface area (Å²) < 4.78 is 1.69. The molecule has 0 radical (unpaired) electrons. The quantitative estimate of drug-likeness (QED) is 0.837. The second-order valence-corrected chi connectivity index (χ2v) is 5.69. The molecule has 1 aromatic heterocycles. The SMILES string of the molecule is CCC[C@@]1(CO)CN(C(=O)c2cncn2C)CC[C@@H]1O. The van der Waals surface area contributed by atoms with E-state index in [2.05, 4.69) is 4.98 Å². The fourth-order valence-electron chi connectivity index (χ4n) is 3.03. The van der Waals surface area contributed by atoms with Crippen LogP contribution < -0.4 is 0 Å². The number of aryl methyl sites for hydroxylation is 1. The second kappa shape index (κ2) is 5.93. The number of hydrogen-bond acceptors (Lipinski definition) is 4. The maximum absolute atomic E-state index is 12.5. The number of imidazole rings is 1. The van der Waals surface area contributed by atoms with Gasteiger partial charge in [-0.1, -0.05) is 13.3 Å². The first kappa shape index (κ1) is 15.0. The number of aliphatic hydroxyl groups is 2. The van der Waals surface area contributed by atoms with E-state index in [0.29, 0.717) is 31.6 Å². The molecular weight excluding hydrogens is 258 g/mol. The van der Waals surface area contributed by atoms with Crippen LogP contribution in [-0.2, 0) is 7.05 Å². The highest BCUT2D eigenvalue weighted by Crippen LogP contribution is 2.35. The lowest BCUT2D eigenvalue weighted by Crippen LogP contribution is -2.55. The second-order valence-electron chi connectivity index (χ2n) is 5.69. The highest BCUT2D eigenvalue weighted by molar-refractivity contribution is 5.92. The molecule has 1 saturated heterocycles. The maximum atomic E-state index is 12.5. The van der Waals surface area contributed by atoms with Crippen molar-refractivity contribution in [2.24, 2.45) is 12.5 Å². The van der Waals surface area contributed by atoms with E-state index in [1.165, 1.54) is 0 Å². The Kier molecular flexibility index (Phi) is 4.45. The van der Waals surface area contributed by atoms with Crippen molar-refractivity contribution in [1.82, 2.24) is 14.5 Å². The zero-order valence-corrected chi connectivity index (χ0v) is 12.1. The predicted molar refractivity (Wildman–Crippen MR) is 74.2 cm³/mol. The molecule has 112 valence electrons. The Balaban J connectivity index is 2.18. The third-order valence-corrected chi connectivity index (χ3v) is 4.27. The summed E-state index contributed by atoms with van der Waals surface area (Å²) in [6.45, 7) is 2.82. The summed E-state index contributed by atoms with van der Waals surface area (Å²) in [4.78, 5) is 18.2. The summed E-state index contributed by atoms with van der Waals surface area (Å²) in [7, 11) is 1.78. The van der Waals surface area contributed by atoms with Gasteiger partial charge in [-0.25, -0.2) is 4.98 Å². The largest absolute Gasteiger partial charge is 0.396 e. The van der Waals surface area contributed by atoms with Crippen LogP contribution in [0.25, 0.3) is 0 Å². The minimum absolute atomic E-state index is 0.0918. The van der Waals surface area contributed by atoms with E-state index >= 15 is 0 Å². The van der Waals surface area contributed by atoms with E-state index in [4.69, 9.17) is 0 Å². The number of piperidine rings is 1. The molecule has 0 spiro atoms. The van der Waals surface area contributed by atoms with Crippen LogP contribution in [0.5, 0.6) is 0 Å². The molecule has 0 aromatic carbocycles. The van der Waals surface area contributed by atoms with Gasteiger partial charge in [0.1, 0.15) is 5.69 Å². The molecule has 2 heterocycles. The van der Waals surface area contributed by atoms with E-state index in [1.807, 2.05) is 6.92 Å². The summed E-state index contributed by atoms with van der Waals surface area (Å²) in [5.41, 5.74) is -0.0638. The first-order valence-corrected chi connectivity index (χ1v) is 7.08. The topological polar surface area (TPSA) is 78.6 Å². The van der Waals surface area contributed by atoms with Crippen LogP contribution >= 0.6 is 0 Å². The third kappa shape index (κ3) is 2.58. The van der Waals surface area contributed by atoms with Crippen molar-refractivity contribution in [3.05, 3.63) is 18.2 Å². The number of aromatic nitrogens is 2. The van der Waals surface area contributed by atoms with Crippen molar-refractivity contribution in [2.45, 2.75) is 32.3 Å². The van der Waals surface area contributed by atoms with Crippen LogP contribution in [0.3, 0.4) is 0 Å². The van der Waals surface area contributed by atoms with E-state index in [1.54, 1.807) is 29.0 Å². The molecule has 1 aromatic rings. The summed E-state index contributed by atoms with van der Waals surface area (Å²) in [6, 6.07) is 0. The Bertz CT molecular complexity index is 474. The normalized spacial score (nSPS) is 26.8. The van der Waals surface area contributed by atoms with Crippen LogP contribution in [0.15, 0.2) is 12.5 Å². The summed E-state index contributed by atoms with van der Waals surface area (Å²) in [5.74, 6) is -0.0918. The molecule has 1 aliphatic rings. The van der Waals surface area contributed by atoms with Crippen LogP contribution in [0.4, 0.5) is 0 Å². The van der Waals surface area contributed by atoms with Crippen molar-refractivity contribution < 1.29 is 15.0 Å². The number of nitrogens with zero attached hydrogens (tertiary/aromatic N) is 3. The molecule has 1 fully saturated rings. The van der Waals surface area contributed by atoms with Gasteiger partial charge in [-0.05, 0) is 12.8 Å². The summed E-state index contributed by atoms with van der Waals surface area (Å²) >= 11 is 0. The lowest BCUT2D eigenvalue weighted by atomic mass is 9.74. The maximum Gasteiger partial charge on any atom is 0.272 e. The van der Waals surface area contributed by atoms with E-state index in [-0.39, 0.29) is 12.5 Å². The Morgan fingerprint density at radius 2 is 2.35 bits per heavy atom. The van der Waals surface area contributed by atoms with E-state index in [0.717, 1.165) is 6.42 Å². The minimum atomic E-state index is -0.596. The fourth-order valence-corrected chi connectivity index (χ4v) is 3.03. The van der Waals surface area contributed by atoms with E-state index in [9.17, 15) is 15.0 Å². The van der Waals surface area contributed by atoms with Gasteiger partial charge in [0, 0.05) is 25.6 Å². The molecule has 2 N–H and O–H groups in total. The molecule has 2 rings (SSSR count). The monoisotopic (exact) mass is 281 g/mol. The van der Waals surface area contributed by atoms with Gasteiger partial charge < -0.3 is 19.7 Å². The van der Waals surface area contributed by atoms with Gasteiger partial charge in [-0.3, -0.25) is 4.79 Å². The molecule has 1 amide bonds. The molecule has 0 bridgehead atoms. The summed E-state index contributed by atoms with van der Waals surface area (Å²) in [5, 5.41) is 19.9. The first-order valence-electron chi connectivity index (χ1n) is 7.08. The fraction of sp³-hybridized carbons (Fsp3) is 0.714. The van der Waals surface area contributed by atoms with Gasteiger partial charge >= 0.3 is 0 Å². The number of carbonyl (C=O) groups excluding carboxylic acids is 1. The van der Waals surface area contributed by atoms with Crippen molar-refractivity contribution in [3.8, 4) is 0 Å². The number of rotatable bonds is 4.